The van der Waals surface area contributed by atoms with Gasteiger partial charge in [-0.05, 0) is 59.0 Å². The molecular weight excluding hydrogens is 392 g/mol. The summed E-state index contributed by atoms with van der Waals surface area (Å²) in [7, 11) is 0. The fourth-order valence-corrected chi connectivity index (χ4v) is 3.73. The molecule has 0 saturated carbocycles. The summed E-state index contributed by atoms with van der Waals surface area (Å²) in [6.07, 6.45) is 0. The van der Waals surface area contributed by atoms with Crippen molar-refractivity contribution >= 4 is 27.7 Å². The first kappa shape index (κ1) is 20.7. The third kappa shape index (κ3) is 4.61. The van der Waals surface area contributed by atoms with Crippen molar-refractivity contribution in [3.63, 3.8) is 0 Å². The molecule has 4 aromatic rings. The topological polar surface area (TPSA) is 65.7 Å². The number of hydrogen-bond acceptors (Lipinski definition) is 5. The van der Waals surface area contributed by atoms with Crippen LogP contribution in [0.15, 0.2) is 69.9 Å². The molecule has 31 heavy (non-hydrogen) atoms. The van der Waals surface area contributed by atoms with E-state index in [4.69, 9.17) is 13.9 Å². The van der Waals surface area contributed by atoms with Crippen LogP contribution in [0.25, 0.3) is 21.7 Å². The summed E-state index contributed by atoms with van der Waals surface area (Å²) in [4.78, 5) is 24.2. The smallest absolute Gasteiger partial charge is 0.344 e. The normalized spacial score (nSPS) is 11.2. The molecule has 5 nitrogen and oxygen atoms in total. The van der Waals surface area contributed by atoms with Crippen LogP contribution < -0.4 is 10.4 Å². The molecule has 0 spiro atoms. The monoisotopic (exact) mass is 416 g/mol. The lowest BCUT2D eigenvalue weighted by atomic mass is 9.95. The summed E-state index contributed by atoms with van der Waals surface area (Å²) in [6.45, 7) is 5.97. The van der Waals surface area contributed by atoms with Gasteiger partial charge in [0.05, 0.1) is 0 Å². The van der Waals surface area contributed by atoms with Gasteiger partial charge in [0.15, 0.2) is 6.61 Å². The Bertz CT molecular complexity index is 1320. The van der Waals surface area contributed by atoms with E-state index in [2.05, 4.69) is 13.8 Å². The second kappa shape index (κ2) is 8.64. The summed E-state index contributed by atoms with van der Waals surface area (Å²) >= 11 is 0. The van der Waals surface area contributed by atoms with E-state index in [1.807, 2.05) is 61.5 Å². The average molecular weight is 416 g/mol. The number of carbonyl (C=O) groups excluding carboxylic acids is 1. The zero-order valence-corrected chi connectivity index (χ0v) is 17.8. The molecule has 0 unspecified atom stereocenters. The lowest BCUT2D eigenvalue weighted by molar-refractivity contribution is -0.147. The van der Waals surface area contributed by atoms with Gasteiger partial charge in [0.2, 0.25) is 0 Å². The Labute approximate surface area is 180 Å². The minimum Gasteiger partial charge on any atom is -0.482 e. The minimum atomic E-state index is -0.509. The highest BCUT2D eigenvalue weighted by Crippen LogP contribution is 2.27. The number of aryl methyl sites for hydroxylation is 1. The third-order valence-corrected chi connectivity index (χ3v) is 5.31. The Morgan fingerprint density at radius 2 is 1.77 bits per heavy atom. The molecule has 5 heteroatoms. The molecule has 0 aliphatic carbocycles. The first-order valence-corrected chi connectivity index (χ1v) is 10.3. The molecule has 158 valence electrons. The molecule has 0 aliphatic heterocycles. The Hall–Kier alpha value is -3.60. The summed E-state index contributed by atoms with van der Waals surface area (Å²) in [5, 5.41) is 2.91. The van der Waals surface area contributed by atoms with Crippen LogP contribution in [0.2, 0.25) is 0 Å². The van der Waals surface area contributed by atoms with Gasteiger partial charge in [-0.1, -0.05) is 44.2 Å². The Balaban J connectivity index is 1.47. The van der Waals surface area contributed by atoms with Crippen LogP contribution >= 0.6 is 0 Å². The summed E-state index contributed by atoms with van der Waals surface area (Å²) < 4.78 is 16.3. The molecule has 4 rings (SSSR count). The predicted octanol–water partition coefficient (Wildman–Crippen LogP) is 5.50. The second-order valence-electron chi connectivity index (χ2n) is 7.91. The standard InChI is InChI=1S/C26H24O5/c1-16(2)22-13-23-20(12-25(27)31-24(23)10-17(22)3)14-30-26(28)15-29-21-9-8-18-6-4-5-7-19(18)11-21/h4-13,16H,14-15H2,1-3H3. The minimum absolute atomic E-state index is 0.0252. The molecule has 0 aliphatic rings. The van der Waals surface area contributed by atoms with Gasteiger partial charge in [-0.2, -0.15) is 0 Å². The highest BCUT2D eigenvalue weighted by molar-refractivity contribution is 5.84. The van der Waals surface area contributed by atoms with Gasteiger partial charge in [-0.25, -0.2) is 9.59 Å². The van der Waals surface area contributed by atoms with Crippen LogP contribution in [-0.4, -0.2) is 12.6 Å². The lowest BCUT2D eigenvalue weighted by Crippen LogP contribution is -2.15. The summed E-state index contributed by atoms with van der Waals surface area (Å²) in [5.74, 6) is 0.409. The number of carbonyl (C=O) groups is 1. The molecular formula is C26H24O5. The Kier molecular flexibility index (Phi) is 5.76. The van der Waals surface area contributed by atoms with Gasteiger partial charge in [0, 0.05) is 17.0 Å². The van der Waals surface area contributed by atoms with Crippen molar-refractivity contribution in [3.8, 4) is 5.75 Å². The number of rotatable bonds is 6. The van der Waals surface area contributed by atoms with Crippen molar-refractivity contribution < 1.29 is 18.7 Å². The van der Waals surface area contributed by atoms with Crippen molar-refractivity contribution in [2.75, 3.05) is 6.61 Å². The van der Waals surface area contributed by atoms with Crippen LogP contribution in [-0.2, 0) is 16.1 Å². The van der Waals surface area contributed by atoms with Crippen molar-refractivity contribution in [3.05, 3.63) is 87.8 Å². The number of ether oxygens (including phenoxy) is 2. The Morgan fingerprint density at radius 3 is 2.55 bits per heavy atom. The molecule has 0 N–H and O–H groups in total. The zero-order chi connectivity index (χ0) is 22.0. The van der Waals surface area contributed by atoms with Crippen molar-refractivity contribution in [1.29, 1.82) is 0 Å². The fourth-order valence-electron chi connectivity index (χ4n) is 3.73. The quantitative estimate of drug-likeness (QED) is 0.307. The number of benzene rings is 3. The summed E-state index contributed by atoms with van der Waals surface area (Å²) in [6, 6.07) is 18.8. The maximum atomic E-state index is 12.3. The Morgan fingerprint density at radius 1 is 1.00 bits per heavy atom. The van der Waals surface area contributed by atoms with E-state index in [0.29, 0.717) is 22.8 Å². The molecule has 0 fully saturated rings. The molecule has 0 amide bonds. The SMILES string of the molecule is Cc1cc2oc(=O)cc(COC(=O)COc3ccc4ccccc4c3)c2cc1C(C)C. The predicted molar refractivity (Wildman–Crippen MR) is 121 cm³/mol. The van der Waals surface area contributed by atoms with Crippen molar-refractivity contribution in [1.82, 2.24) is 0 Å². The van der Waals surface area contributed by atoms with Gasteiger partial charge in [0.1, 0.15) is 17.9 Å². The maximum absolute atomic E-state index is 12.3. The van der Waals surface area contributed by atoms with Crippen LogP contribution in [0.3, 0.4) is 0 Å². The van der Waals surface area contributed by atoms with Gasteiger partial charge >= 0.3 is 11.6 Å². The largest absolute Gasteiger partial charge is 0.482 e. The van der Waals surface area contributed by atoms with Gasteiger partial charge in [-0.15, -0.1) is 0 Å². The molecule has 0 bridgehead atoms. The highest BCUT2D eigenvalue weighted by Gasteiger charge is 2.13. The van der Waals surface area contributed by atoms with Gasteiger partial charge < -0.3 is 13.9 Å². The van der Waals surface area contributed by atoms with E-state index in [0.717, 1.165) is 27.3 Å². The van der Waals surface area contributed by atoms with E-state index in [1.54, 1.807) is 0 Å². The average Bonchev–Trinajstić information content (AvgIpc) is 2.75. The first-order chi connectivity index (χ1) is 14.9. The zero-order valence-electron chi connectivity index (χ0n) is 17.8. The van der Waals surface area contributed by atoms with E-state index >= 15 is 0 Å². The van der Waals surface area contributed by atoms with Crippen LogP contribution in [0.1, 0.15) is 36.5 Å². The lowest BCUT2D eigenvalue weighted by Gasteiger charge is -2.13. The van der Waals surface area contributed by atoms with Crippen LogP contribution in [0.5, 0.6) is 5.75 Å². The number of fused-ring (bicyclic) bond motifs is 2. The van der Waals surface area contributed by atoms with Crippen LogP contribution in [0.4, 0.5) is 0 Å². The molecule has 0 radical (unpaired) electrons. The summed E-state index contributed by atoms with van der Waals surface area (Å²) in [5.41, 5.74) is 2.86. The van der Waals surface area contributed by atoms with E-state index in [-0.39, 0.29) is 13.2 Å². The maximum Gasteiger partial charge on any atom is 0.344 e. The molecule has 0 saturated heterocycles. The first-order valence-electron chi connectivity index (χ1n) is 10.3. The molecule has 1 aromatic heterocycles. The van der Waals surface area contributed by atoms with Crippen LogP contribution in [0, 0.1) is 6.92 Å². The molecule has 3 aromatic carbocycles. The third-order valence-electron chi connectivity index (χ3n) is 5.31. The number of esters is 1. The fraction of sp³-hybridized carbons (Fsp3) is 0.231. The van der Waals surface area contributed by atoms with E-state index < -0.39 is 11.6 Å². The molecule has 1 heterocycles. The number of hydrogen-bond donors (Lipinski definition) is 0. The van der Waals surface area contributed by atoms with Crippen molar-refractivity contribution in [2.45, 2.75) is 33.3 Å². The van der Waals surface area contributed by atoms with E-state index in [1.165, 1.54) is 6.07 Å². The molecule has 0 atom stereocenters. The van der Waals surface area contributed by atoms with E-state index in [9.17, 15) is 9.59 Å². The van der Waals surface area contributed by atoms with Gasteiger partial charge in [-0.3, -0.25) is 0 Å². The van der Waals surface area contributed by atoms with Gasteiger partial charge in [0.25, 0.3) is 0 Å². The highest BCUT2D eigenvalue weighted by atomic mass is 16.6. The second-order valence-corrected chi connectivity index (χ2v) is 7.91. The van der Waals surface area contributed by atoms with Crippen molar-refractivity contribution in [2.24, 2.45) is 0 Å².